The number of benzene rings is 4. The molecule has 6 rings (SSSR count). The Labute approximate surface area is 366 Å². The maximum absolute atomic E-state index is 16.8. The van der Waals surface area contributed by atoms with E-state index in [1.165, 1.54) is 33.7 Å². The third-order valence-corrected chi connectivity index (χ3v) is 11.8. The van der Waals surface area contributed by atoms with Crippen LogP contribution in [0.4, 0.5) is 4.39 Å². The molecule has 6 aromatic rings. The quantitative estimate of drug-likeness (QED) is 0.0754. The Balaban J connectivity index is 0.000000411. The molecule has 0 spiro atoms. The Hall–Kier alpha value is -4.12. The number of hydrogen-bond donors (Lipinski definition) is 1. The molecule has 1 N–H and O–H groups in total. The van der Waals surface area contributed by atoms with Gasteiger partial charge in [-0.25, -0.2) is 4.39 Å². The van der Waals surface area contributed by atoms with E-state index in [-0.39, 0.29) is 72.1 Å². The van der Waals surface area contributed by atoms with Gasteiger partial charge in [-0.15, -0.1) is 29.1 Å². The summed E-state index contributed by atoms with van der Waals surface area (Å²) in [5, 5.41) is 13.6. The maximum Gasteiger partial charge on any atom is 0.174 e. The Morgan fingerprint density at radius 3 is 1.90 bits per heavy atom. The number of aliphatic hydroxyl groups excluding tert-OH is 1. The van der Waals surface area contributed by atoms with Gasteiger partial charge in [-0.05, 0) is 83.2 Å². The van der Waals surface area contributed by atoms with Crippen LogP contribution >= 0.6 is 0 Å². The van der Waals surface area contributed by atoms with E-state index >= 15 is 4.39 Å². The smallest absolute Gasteiger partial charge is 0.174 e. The van der Waals surface area contributed by atoms with E-state index in [0.717, 1.165) is 53.0 Å². The molecule has 1 radical (unpaired) electrons. The second kappa shape index (κ2) is 20.0. The first kappa shape index (κ1) is 47.6. The third-order valence-electron chi connectivity index (χ3n) is 11.8. The van der Waals surface area contributed by atoms with Crippen LogP contribution in [0.25, 0.3) is 55.1 Å². The van der Waals surface area contributed by atoms with Crippen LogP contribution in [-0.2, 0) is 30.3 Å². The number of hydrogen-bond acceptors (Lipinski definition) is 4. The van der Waals surface area contributed by atoms with Gasteiger partial charge < -0.3 is 9.52 Å². The van der Waals surface area contributed by atoms with Crippen molar-refractivity contribution in [2.75, 3.05) is 0 Å². The number of fused-ring (bicyclic) bond motifs is 4. The van der Waals surface area contributed by atoms with Crippen molar-refractivity contribution in [1.29, 1.82) is 0 Å². The van der Waals surface area contributed by atoms with E-state index in [1.54, 1.807) is 6.20 Å². The SMILES string of the molecule is CC(C)c1cc(C(C)C)c(-c2ccc3c(oc4c(-c5[c-]c6ccccc6c(C(C)(C)C)c5)nccc43)c2F)c(C(C)C)c1.CCC(CC)C(=O)/C=C(\O)C(CC)CC.[Ir]. The van der Waals surface area contributed by atoms with E-state index < -0.39 is 0 Å². The van der Waals surface area contributed by atoms with Gasteiger partial charge in [-0.1, -0.05) is 137 Å². The summed E-state index contributed by atoms with van der Waals surface area (Å²) in [4.78, 5) is 16.5. The van der Waals surface area contributed by atoms with E-state index in [1.807, 2.05) is 52.0 Å². The zero-order valence-electron chi connectivity index (χ0n) is 37.6. The summed E-state index contributed by atoms with van der Waals surface area (Å²) in [6, 6.07) is 24.5. The topological polar surface area (TPSA) is 63.3 Å². The molecule has 0 aliphatic rings. The second-order valence-corrected chi connectivity index (χ2v) is 17.9. The van der Waals surface area contributed by atoms with Gasteiger partial charge in [0, 0.05) is 66.2 Å². The van der Waals surface area contributed by atoms with Crippen LogP contribution in [0.15, 0.2) is 83.1 Å². The number of carbonyl (C=O) groups is 1. The molecule has 6 heteroatoms. The van der Waals surface area contributed by atoms with Crippen molar-refractivity contribution in [3.63, 3.8) is 0 Å². The number of furan rings is 1. The number of aromatic nitrogens is 1. The van der Waals surface area contributed by atoms with Gasteiger partial charge in [0.05, 0.1) is 5.76 Å². The van der Waals surface area contributed by atoms with Crippen molar-refractivity contribution in [1.82, 2.24) is 4.98 Å². The van der Waals surface area contributed by atoms with Crippen LogP contribution < -0.4 is 0 Å². The molecule has 317 valence electrons. The normalized spacial score (nSPS) is 12.4. The molecule has 0 saturated carbocycles. The summed E-state index contributed by atoms with van der Waals surface area (Å²) in [6.07, 6.45) is 6.69. The molecule has 2 heterocycles. The minimum absolute atomic E-state index is 0. The molecular weight excluding hydrogens is 910 g/mol. The number of carbonyl (C=O) groups excluding carboxylic acids is 1. The standard InChI is InChI=1S/C40H41FNO.C13H24O2.Ir/c1-22(2)26-19-32(23(3)4)35(33(20-26)24(5)6)31-15-14-29-30-16-17-42-37(39(30)43-38(29)36(31)41)27-18-25-12-10-11-13-28(25)34(21-27)40(7,8)9;1-5-10(6-2)12(14)9-13(15)11(7-3)8-4;/h10-17,19-24H,1-9H3;9-11,14H,5-8H2,1-4H3;/q-1;;/b;12-9-;. The number of ketones is 1. The summed E-state index contributed by atoms with van der Waals surface area (Å²) in [5.41, 5.74) is 8.74. The first-order valence-corrected chi connectivity index (χ1v) is 21.5. The largest absolute Gasteiger partial charge is 0.512 e. The zero-order valence-corrected chi connectivity index (χ0v) is 40.0. The summed E-state index contributed by atoms with van der Waals surface area (Å²) in [7, 11) is 0. The van der Waals surface area contributed by atoms with Crippen LogP contribution in [0.5, 0.6) is 0 Å². The molecular formula is C53H65FIrNO3-. The van der Waals surface area contributed by atoms with Gasteiger partial charge in [0.1, 0.15) is 5.58 Å². The molecule has 0 saturated heterocycles. The molecule has 0 bridgehead atoms. The third kappa shape index (κ3) is 10.1. The number of allylic oxidation sites excluding steroid dienone is 2. The molecule has 4 aromatic carbocycles. The Morgan fingerprint density at radius 1 is 0.780 bits per heavy atom. The van der Waals surface area contributed by atoms with Gasteiger partial charge >= 0.3 is 0 Å². The summed E-state index contributed by atoms with van der Waals surface area (Å²) in [6.45, 7) is 27.9. The first-order valence-electron chi connectivity index (χ1n) is 21.5. The summed E-state index contributed by atoms with van der Waals surface area (Å²) >= 11 is 0. The van der Waals surface area contributed by atoms with E-state index in [4.69, 9.17) is 9.40 Å². The van der Waals surface area contributed by atoms with Gasteiger partial charge in [0.2, 0.25) is 0 Å². The Bertz CT molecular complexity index is 2390. The molecule has 0 aliphatic carbocycles. The van der Waals surface area contributed by atoms with Gasteiger partial charge in [0.25, 0.3) is 0 Å². The van der Waals surface area contributed by atoms with E-state index in [0.29, 0.717) is 22.8 Å². The van der Waals surface area contributed by atoms with Crippen LogP contribution in [0.3, 0.4) is 0 Å². The molecule has 0 fully saturated rings. The Morgan fingerprint density at radius 2 is 1.36 bits per heavy atom. The summed E-state index contributed by atoms with van der Waals surface area (Å²) in [5.74, 6) is 1.11. The number of pyridine rings is 1. The number of aliphatic hydroxyl groups is 1. The first-order chi connectivity index (χ1) is 27.5. The molecule has 4 nitrogen and oxygen atoms in total. The minimum Gasteiger partial charge on any atom is -0.512 e. The van der Waals surface area contributed by atoms with Gasteiger partial charge in [-0.3, -0.25) is 9.78 Å². The predicted octanol–water partition coefficient (Wildman–Crippen LogP) is 15.9. The average Bonchev–Trinajstić information content (AvgIpc) is 3.58. The number of nitrogens with zero attached hydrogens (tertiary/aromatic N) is 1. The van der Waals surface area contributed by atoms with Crippen LogP contribution in [0.1, 0.15) is 156 Å². The number of rotatable bonds is 12. The molecule has 0 atom stereocenters. The van der Waals surface area contributed by atoms with E-state index in [9.17, 15) is 9.90 Å². The van der Waals surface area contributed by atoms with Crippen molar-refractivity contribution < 1.29 is 38.8 Å². The maximum atomic E-state index is 16.8. The van der Waals surface area contributed by atoms with Gasteiger partial charge in [-0.2, -0.15) is 0 Å². The molecule has 0 unspecified atom stereocenters. The average molecular weight is 975 g/mol. The van der Waals surface area contributed by atoms with Crippen LogP contribution in [0, 0.1) is 23.7 Å². The van der Waals surface area contributed by atoms with Crippen molar-refractivity contribution in [2.45, 2.75) is 139 Å². The molecule has 2 aromatic heterocycles. The zero-order chi connectivity index (χ0) is 42.6. The fraction of sp³-hybridized carbons (Fsp3) is 0.434. The number of halogens is 1. The van der Waals surface area contributed by atoms with Crippen LogP contribution in [-0.4, -0.2) is 15.9 Å². The van der Waals surface area contributed by atoms with Crippen molar-refractivity contribution in [3.8, 4) is 22.4 Å². The van der Waals surface area contributed by atoms with Crippen molar-refractivity contribution in [2.24, 2.45) is 11.8 Å². The minimum atomic E-state index is -0.321. The second-order valence-electron chi connectivity index (χ2n) is 17.9. The molecule has 0 aliphatic heterocycles. The van der Waals surface area contributed by atoms with Crippen molar-refractivity contribution in [3.05, 3.63) is 113 Å². The summed E-state index contributed by atoms with van der Waals surface area (Å²) < 4.78 is 23.3. The predicted molar refractivity (Wildman–Crippen MR) is 244 cm³/mol. The molecule has 0 amide bonds. The van der Waals surface area contributed by atoms with E-state index in [2.05, 4.69) is 105 Å². The fourth-order valence-electron chi connectivity index (χ4n) is 8.14. The fourth-order valence-corrected chi connectivity index (χ4v) is 8.14. The van der Waals surface area contributed by atoms with Crippen molar-refractivity contribution >= 4 is 38.5 Å². The van der Waals surface area contributed by atoms with Gasteiger partial charge in [0.15, 0.2) is 17.2 Å². The monoisotopic (exact) mass is 975 g/mol. The Kier molecular flexibility index (Phi) is 16.1. The van der Waals surface area contributed by atoms with Crippen LogP contribution in [0.2, 0.25) is 0 Å². The molecule has 59 heavy (non-hydrogen) atoms.